The normalized spacial score (nSPS) is 14.1. The maximum Gasteiger partial charge on any atom is 0.290 e. The molecule has 2 N–H and O–H groups in total. The highest BCUT2D eigenvalue weighted by atomic mass is 16.6. The summed E-state index contributed by atoms with van der Waals surface area (Å²) in [5.41, 5.74) is 0.579. The molecule has 1 aromatic heterocycles. The summed E-state index contributed by atoms with van der Waals surface area (Å²) in [5, 5.41) is 22.9. The van der Waals surface area contributed by atoms with E-state index in [-0.39, 0.29) is 11.7 Å². The third-order valence-electron chi connectivity index (χ3n) is 2.37. The van der Waals surface area contributed by atoms with Gasteiger partial charge < -0.3 is 10.4 Å². The monoisotopic (exact) mass is 239 g/mol. The molecule has 2 unspecified atom stereocenters. The van der Waals surface area contributed by atoms with Crippen molar-refractivity contribution in [3.63, 3.8) is 0 Å². The van der Waals surface area contributed by atoms with Crippen molar-refractivity contribution in [1.29, 1.82) is 0 Å². The number of aromatic nitrogens is 1. The van der Waals surface area contributed by atoms with Crippen molar-refractivity contribution in [3.05, 3.63) is 27.9 Å². The molecule has 17 heavy (non-hydrogen) atoms. The zero-order valence-corrected chi connectivity index (χ0v) is 10.2. The first-order valence-corrected chi connectivity index (χ1v) is 5.45. The van der Waals surface area contributed by atoms with E-state index in [0.29, 0.717) is 17.8 Å². The lowest BCUT2D eigenvalue weighted by Crippen LogP contribution is -2.21. The van der Waals surface area contributed by atoms with Crippen LogP contribution in [-0.2, 0) is 0 Å². The zero-order valence-electron chi connectivity index (χ0n) is 10.2. The first-order valence-electron chi connectivity index (χ1n) is 5.45. The average Bonchev–Trinajstić information content (AvgIpc) is 2.15. The van der Waals surface area contributed by atoms with Gasteiger partial charge in [-0.2, -0.15) is 0 Å². The Kier molecular flexibility index (Phi) is 4.39. The lowest BCUT2D eigenvalue weighted by molar-refractivity contribution is -0.385. The number of hydrogen-bond donors (Lipinski definition) is 2. The summed E-state index contributed by atoms with van der Waals surface area (Å²) < 4.78 is 0. The van der Waals surface area contributed by atoms with Crippen molar-refractivity contribution in [2.75, 3.05) is 5.32 Å². The van der Waals surface area contributed by atoms with E-state index in [4.69, 9.17) is 0 Å². The molecule has 0 amide bonds. The molecule has 0 fully saturated rings. The lowest BCUT2D eigenvalue weighted by Gasteiger charge is -2.16. The minimum atomic E-state index is -0.453. The molecule has 1 rings (SSSR count). The number of aliphatic hydroxyl groups is 1. The van der Waals surface area contributed by atoms with Gasteiger partial charge in [-0.1, -0.05) is 0 Å². The smallest absolute Gasteiger partial charge is 0.290 e. The van der Waals surface area contributed by atoms with Crippen LogP contribution >= 0.6 is 0 Å². The summed E-state index contributed by atoms with van der Waals surface area (Å²) in [6.45, 7) is 5.31. The minimum Gasteiger partial charge on any atom is -0.393 e. The van der Waals surface area contributed by atoms with Crippen molar-refractivity contribution in [1.82, 2.24) is 4.98 Å². The van der Waals surface area contributed by atoms with E-state index in [1.54, 1.807) is 19.9 Å². The van der Waals surface area contributed by atoms with Crippen molar-refractivity contribution < 1.29 is 10.0 Å². The number of nitrogens with zero attached hydrogens (tertiary/aromatic N) is 2. The molecule has 0 aliphatic heterocycles. The third-order valence-corrected chi connectivity index (χ3v) is 2.37. The summed E-state index contributed by atoms with van der Waals surface area (Å²) in [7, 11) is 0. The van der Waals surface area contributed by atoms with Crippen LogP contribution in [0, 0.1) is 17.0 Å². The van der Waals surface area contributed by atoms with E-state index in [1.165, 1.54) is 6.20 Å². The largest absolute Gasteiger partial charge is 0.393 e. The van der Waals surface area contributed by atoms with Crippen LogP contribution in [0.4, 0.5) is 11.5 Å². The topological polar surface area (TPSA) is 88.3 Å². The molecule has 1 aromatic rings. The van der Waals surface area contributed by atoms with Gasteiger partial charge in [-0.3, -0.25) is 10.1 Å². The second kappa shape index (κ2) is 5.58. The van der Waals surface area contributed by atoms with Crippen LogP contribution in [0.25, 0.3) is 0 Å². The van der Waals surface area contributed by atoms with Crippen molar-refractivity contribution in [3.8, 4) is 0 Å². The second-order valence-electron chi connectivity index (χ2n) is 4.24. The van der Waals surface area contributed by atoms with Gasteiger partial charge in [-0.05, 0) is 33.3 Å². The molecule has 0 aromatic carbocycles. The zero-order chi connectivity index (χ0) is 13.0. The first kappa shape index (κ1) is 13.4. The Balaban J connectivity index is 2.74. The summed E-state index contributed by atoms with van der Waals surface area (Å²) in [6.07, 6.45) is 1.45. The molecular weight excluding hydrogens is 222 g/mol. The van der Waals surface area contributed by atoms with E-state index in [9.17, 15) is 15.2 Å². The van der Waals surface area contributed by atoms with Crippen LogP contribution in [0.2, 0.25) is 0 Å². The van der Waals surface area contributed by atoms with Gasteiger partial charge in [0.05, 0.1) is 11.0 Å². The molecule has 0 spiro atoms. The van der Waals surface area contributed by atoms with Crippen LogP contribution in [0.3, 0.4) is 0 Å². The van der Waals surface area contributed by atoms with Crippen molar-refractivity contribution in [2.45, 2.75) is 39.3 Å². The molecule has 6 heteroatoms. The summed E-state index contributed by atoms with van der Waals surface area (Å²) in [5.74, 6) is 0.584. The highest BCUT2D eigenvalue weighted by Crippen LogP contribution is 2.19. The van der Waals surface area contributed by atoms with Gasteiger partial charge in [0.15, 0.2) is 0 Å². The number of aryl methyl sites for hydroxylation is 1. The maximum absolute atomic E-state index is 10.6. The minimum absolute atomic E-state index is 0.0127. The molecule has 6 nitrogen and oxygen atoms in total. The fourth-order valence-electron chi connectivity index (χ4n) is 1.64. The van der Waals surface area contributed by atoms with Crippen molar-refractivity contribution in [2.24, 2.45) is 0 Å². The van der Waals surface area contributed by atoms with E-state index in [0.717, 1.165) is 0 Å². The van der Waals surface area contributed by atoms with E-state index >= 15 is 0 Å². The Hall–Kier alpha value is -1.69. The van der Waals surface area contributed by atoms with Crippen LogP contribution in [0.5, 0.6) is 0 Å². The van der Waals surface area contributed by atoms with Gasteiger partial charge in [0.25, 0.3) is 5.69 Å². The number of nitrogens with one attached hydrogen (secondary N) is 1. The highest BCUT2D eigenvalue weighted by Gasteiger charge is 2.13. The van der Waals surface area contributed by atoms with Gasteiger partial charge in [0, 0.05) is 11.6 Å². The molecule has 1 heterocycles. The fraction of sp³-hybridized carbons (Fsp3) is 0.545. The predicted octanol–water partition coefficient (Wildman–Crippen LogP) is 1.87. The standard InChI is InChI=1S/C11H17N3O3/c1-7-4-11(12-6-10(7)14(16)17)13-8(2)5-9(3)15/h4,6,8-9,15H,5H2,1-3H3,(H,12,13). The summed E-state index contributed by atoms with van der Waals surface area (Å²) >= 11 is 0. The maximum atomic E-state index is 10.6. The predicted molar refractivity (Wildman–Crippen MR) is 65.0 cm³/mol. The average molecular weight is 239 g/mol. The molecule has 0 aliphatic carbocycles. The summed E-state index contributed by atoms with van der Waals surface area (Å²) in [6, 6.07) is 1.69. The Morgan fingerprint density at radius 1 is 1.59 bits per heavy atom. The lowest BCUT2D eigenvalue weighted by atomic mass is 10.1. The fourth-order valence-corrected chi connectivity index (χ4v) is 1.64. The number of anilines is 1. The quantitative estimate of drug-likeness (QED) is 0.605. The second-order valence-corrected chi connectivity index (χ2v) is 4.24. The molecule has 94 valence electrons. The Bertz CT molecular complexity index is 407. The molecule has 0 saturated heterocycles. The number of rotatable bonds is 5. The van der Waals surface area contributed by atoms with Gasteiger partial charge in [-0.25, -0.2) is 4.98 Å². The van der Waals surface area contributed by atoms with Crippen LogP contribution in [0.15, 0.2) is 12.3 Å². The van der Waals surface area contributed by atoms with Crippen LogP contribution in [-0.4, -0.2) is 27.2 Å². The molecule has 0 bridgehead atoms. The molecule has 0 aliphatic rings. The van der Waals surface area contributed by atoms with E-state index < -0.39 is 11.0 Å². The highest BCUT2D eigenvalue weighted by molar-refractivity contribution is 5.47. The Morgan fingerprint density at radius 2 is 2.24 bits per heavy atom. The third kappa shape index (κ3) is 3.99. The number of aliphatic hydroxyl groups excluding tert-OH is 1. The van der Waals surface area contributed by atoms with Crippen LogP contribution < -0.4 is 5.32 Å². The number of nitro groups is 1. The SMILES string of the molecule is Cc1cc(NC(C)CC(C)O)ncc1[N+](=O)[O-]. The number of pyridine rings is 1. The number of hydrogen-bond acceptors (Lipinski definition) is 5. The summed E-state index contributed by atoms with van der Waals surface area (Å²) in [4.78, 5) is 14.1. The Morgan fingerprint density at radius 3 is 2.71 bits per heavy atom. The Labute approximate surface area is 99.8 Å². The van der Waals surface area contributed by atoms with Gasteiger partial charge in [0.2, 0.25) is 0 Å². The molecule has 2 atom stereocenters. The van der Waals surface area contributed by atoms with E-state index in [2.05, 4.69) is 10.3 Å². The molecule has 0 saturated carbocycles. The molecular formula is C11H17N3O3. The van der Waals surface area contributed by atoms with Gasteiger partial charge in [-0.15, -0.1) is 0 Å². The van der Waals surface area contributed by atoms with Crippen molar-refractivity contribution >= 4 is 11.5 Å². The van der Waals surface area contributed by atoms with Gasteiger partial charge >= 0.3 is 0 Å². The van der Waals surface area contributed by atoms with Gasteiger partial charge in [0.1, 0.15) is 12.0 Å². The molecule has 0 radical (unpaired) electrons. The first-order chi connectivity index (χ1) is 7.90. The van der Waals surface area contributed by atoms with Crippen LogP contribution in [0.1, 0.15) is 25.8 Å². The van der Waals surface area contributed by atoms with E-state index in [1.807, 2.05) is 6.92 Å².